The topological polar surface area (TPSA) is 81.4 Å². The molecule has 2 heterocycles. The van der Waals surface area contributed by atoms with Crippen LogP contribution < -0.4 is 11.1 Å². The molecule has 5 nitrogen and oxygen atoms in total. The highest BCUT2D eigenvalue weighted by Gasteiger charge is 2.28. The number of halogens is 2. The van der Waals surface area contributed by atoms with Crippen LogP contribution in [0.15, 0.2) is 18.2 Å². The number of benzene rings is 1. The van der Waals surface area contributed by atoms with Gasteiger partial charge in [-0.05, 0) is 31.9 Å². The van der Waals surface area contributed by atoms with E-state index in [0.717, 1.165) is 11.3 Å². The lowest BCUT2D eigenvalue weighted by atomic mass is 10.0. The van der Waals surface area contributed by atoms with E-state index in [4.69, 9.17) is 33.7 Å². The number of hydrogen-bond donors (Lipinski definition) is 2. The smallest absolute Gasteiger partial charge is 0.254 e. The van der Waals surface area contributed by atoms with Crippen molar-refractivity contribution in [1.29, 1.82) is 0 Å². The largest absolute Gasteiger partial charge is 0.368 e. The Hall–Kier alpha value is -1.60. The Morgan fingerprint density at radius 2 is 2.12 bits per heavy atom. The van der Waals surface area contributed by atoms with Crippen LogP contribution in [-0.4, -0.2) is 24.5 Å². The summed E-state index contributed by atoms with van der Waals surface area (Å²) in [5.74, 6) is -0.900. The first kappa shape index (κ1) is 18.2. The van der Waals surface area contributed by atoms with Gasteiger partial charge in [0, 0.05) is 32.7 Å². The van der Waals surface area contributed by atoms with Crippen molar-refractivity contribution < 1.29 is 14.3 Å². The molecule has 3 rings (SSSR count). The van der Waals surface area contributed by atoms with Crippen molar-refractivity contribution in [3.05, 3.63) is 38.7 Å². The van der Waals surface area contributed by atoms with Gasteiger partial charge in [0.15, 0.2) is 0 Å². The molecule has 1 atom stereocenters. The molecule has 1 aliphatic rings. The third-order valence-corrected chi connectivity index (χ3v) is 5.56. The second-order valence-electron chi connectivity index (χ2n) is 5.72. The number of nitrogens with one attached hydrogen (secondary N) is 1. The second kappa shape index (κ2) is 7.33. The minimum Gasteiger partial charge on any atom is -0.368 e. The predicted molar refractivity (Wildman–Crippen MR) is 101 cm³/mol. The maximum absolute atomic E-state index is 12.3. The number of rotatable bonds is 4. The monoisotopic (exact) mass is 398 g/mol. The van der Waals surface area contributed by atoms with Gasteiger partial charge in [-0.2, -0.15) is 0 Å². The first-order chi connectivity index (χ1) is 11.9. The third-order valence-electron chi connectivity index (χ3n) is 3.99. The standard InChI is InChI=1S/C17H16Cl2N2O3S/c1-8-13(10-5-4-9(18)7-11(10)19)14(15(20)22)17(25-8)21-16(23)12-3-2-6-24-12/h4-5,7,12H,2-3,6H2,1H3,(H2,20,22)(H,21,23)/t12-/m0/s1. The van der Waals surface area contributed by atoms with Gasteiger partial charge >= 0.3 is 0 Å². The minimum absolute atomic E-state index is 0.248. The fourth-order valence-corrected chi connectivity index (χ4v) is 4.44. The lowest BCUT2D eigenvalue weighted by Crippen LogP contribution is -2.27. The zero-order valence-corrected chi connectivity index (χ0v) is 15.7. The lowest BCUT2D eigenvalue weighted by molar-refractivity contribution is -0.124. The molecule has 0 spiro atoms. The molecular formula is C17H16Cl2N2O3S. The summed E-state index contributed by atoms with van der Waals surface area (Å²) in [6.45, 7) is 2.41. The molecule has 0 unspecified atom stereocenters. The summed E-state index contributed by atoms with van der Waals surface area (Å²) in [7, 11) is 0. The van der Waals surface area contributed by atoms with Crippen LogP contribution in [0.4, 0.5) is 5.00 Å². The van der Waals surface area contributed by atoms with Crippen LogP contribution in [0.1, 0.15) is 28.1 Å². The molecule has 2 aromatic rings. The van der Waals surface area contributed by atoms with Crippen molar-refractivity contribution in [2.45, 2.75) is 25.9 Å². The summed E-state index contributed by atoms with van der Waals surface area (Å²) >= 11 is 13.5. The van der Waals surface area contributed by atoms with E-state index >= 15 is 0 Å². The quantitative estimate of drug-likeness (QED) is 0.807. The number of aryl methyl sites for hydroxylation is 1. The highest BCUT2D eigenvalue weighted by molar-refractivity contribution is 7.17. The van der Waals surface area contributed by atoms with E-state index in [-0.39, 0.29) is 11.5 Å². The number of ether oxygens (including phenoxy) is 1. The van der Waals surface area contributed by atoms with Crippen molar-refractivity contribution in [2.75, 3.05) is 11.9 Å². The van der Waals surface area contributed by atoms with Crippen LogP contribution in [-0.2, 0) is 9.53 Å². The highest BCUT2D eigenvalue weighted by atomic mass is 35.5. The van der Waals surface area contributed by atoms with E-state index in [0.29, 0.717) is 39.2 Å². The number of anilines is 1. The maximum atomic E-state index is 12.3. The number of primary amides is 1. The average molecular weight is 399 g/mol. The van der Waals surface area contributed by atoms with Crippen LogP contribution in [0, 0.1) is 6.92 Å². The van der Waals surface area contributed by atoms with Crippen molar-refractivity contribution in [1.82, 2.24) is 0 Å². The van der Waals surface area contributed by atoms with Gasteiger partial charge in [-0.3, -0.25) is 9.59 Å². The number of hydrogen-bond acceptors (Lipinski definition) is 4. The Morgan fingerprint density at radius 1 is 1.36 bits per heavy atom. The predicted octanol–water partition coefficient (Wildman–Crippen LogP) is 4.25. The zero-order chi connectivity index (χ0) is 18.1. The molecular weight excluding hydrogens is 383 g/mol. The SMILES string of the molecule is Cc1sc(NC(=O)[C@@H]2CCCO2)c(C(N)=O)c1-c1ccc(Cl)cc1Cl. The fraction of sp³-hybridized carbons (Fsp3) is 0.294. The van der Waals surface area contributed by atoms with Crippen LogP contribution in [0.2, 0.25) is 10.0 Å². The Bertz CT molecular complexity index is 845. The summed E-state index contributed by atoms with van der Waals surface area (Å²) in [6, 6.07) is 5.03. The maximum Gasteiger partial charge on any atom is 0.254 e. The fourth-order valence-electron chi connectivity index (χ4n) is 2.86. The molecule has 132 valence electrons. The first-order valence-electron chi connectivity index (χ1n) is 7.69. The van der Waals surface area contributed by atoms with Gasteiger partial charge in [-0.1, -0.05) is 29.3 Å². The molecule has 2 amide bonds. The second-order valence-corrected chi connectivity index (χ2v) is 7.79. The first-order valence-corrected chi connectivity index (χ1v) is 9.26. The van der Waals surface area contributed by atoms with Gasteiger partial charge < -0.3 is 15.8 Å². The van der Waals surface area contributed by atoms with E-state index in [9.17, 15) is 9.59 Å². The lowest BCUT2D eigenvalue weighted by Gasteiger charge is -2.11. The summed E-state index contributed by atoms with van der Waals surface area (Å²) in [4.78, 5) is 25.2. The number of nitrogens with two attached hydrogens (primary N) is 1. The van der Waals surface area contributed by atoms with Crippen molar-refractivity contribution in [2.24, 2.45) is 5.73 Å². The molecule has 1 fully saturated rings. The van der Waals surface area contributed by atoms with Gasteiger partial charge in [0.1, 0.15) is 11.1 Å². The molecule has 1 aliphatic heterocycles. The van der Waals surface area contributed by atoms with Gasteiger partial charge in [-0.25, -0.2) is 0 Å². The molecule has 3 N–H and O–H groups in total. The van der Waals surface area contributed by atoms with Gasteiger partial charge in [0.2, 0.25) is 0 Å². The van der Waals surface area contributed by atoms with Crippen molar-refractivity contribution in [3.63, 3.8) is 0 Å². The zero-order valence-electron chi connectivity index (χ0n) is 13.4. The van der Waals surface area contributed by atoms with Crippen LogP contribution in [0.3, 0.4) is 0 Å². The molecule has 8 heteroatoms. The summed E-state index contributed by atoms with van der Waals surface area (Å²) < 4.78 is 5.38. The Kier molecular flexibility index (Phi) is 5.34. The van der Waals surface area contributed by atoms with Gasteiger partial charge in [-0.15, -0.1) is 11.3 Å². The van der Waals surface area contributed by atoms with E-state index in [1.165, 1.54) is 11.3 Å². The molecule has 0 radical (unpaired) electrons. The minimum atomic E-state index is -0.631. The normalized spacial score (nSPS) is 16.8. The van der Waals surface area contributed by atoms with E-state index in [1.54, 1.807) is 18.2 Å². The molecule has 1 aromatic carbocycles. The summed E-state index contributed by atoms with van der Waals surface area (Å²) in [5.41, 5.74) is 7.10. The molecule has 0 aliphatic carbocycles. The van der Waals surface area contributed by atoms with E-state index in [2.05, 4.69) is 5.32 Å². The number of thiophene rings is 1. The Labute approximate surface area is 159 Å². The molecule has 1 aromatic heterocycles. The highest BCUT2D eigenvalue weighted by Crippen LogP contribution is 2.42. The molecule has 0 bridgehead atoms. The van der Waals surface area contributed by atoms with Crippen LogP contribution >= 0.6 is 34.5 Å². The third kappa shape index (κ3) is 3.67. The number of carbonyl (C=O) groups is 2. The Balaban J connectivity index is 2.03. The van der Waals surface area contributed by atoms with Crippen LogP contribution in [0.25, 0.3) is 11.1 Å². The average Bonchev–Trinajstić information content (AvgIpc) is 3.15. The van der Waals surface area contributed by atoms with Crippen molar-refractivity contribution in [3.8, 4) is 11.1 Å². The van der Waals surface area contributed by atoms with Gasteiger partial charge in [0.05, 0.1) is 5.56 Å². The van der Waals surface area contributed by atoms with Gasteiger partial charge in [0.25, 0.3) is 11.8 Å². The molecule has 25 heavy (non-hydrogen) atoms. The Morgan fingerprint density at radius 3 is 2.72 bits per heavy atom. The number of carbonyl (C=O) groups excluding carboxylic acids is 2. The van der Waals surface area contributed by atoms with Crippen molar-refractivity contribution >= 4 is 51.4 Å². The van der Waals surface area contributed by atoms with E-state index < -0.39 is 12.0 Å². The number of amides is 2. The van der Waals surface area contributed by atoms with E-state index in [1.807, 2.05) is 6.92 Å². The molecule has 0 saturated carbocycles. The summed E-state index contributed by atoms with van der Waals surface area (Å²) in [5, 5.41) is 4.09. The summed E-state index contributed by atoms with van der Waals surface area (Å²) in [6.07, 6.45) is 1.01. The molecule has 1 saturated heterocycles. The van der Waals surface area contributed by atoms with Crippen LogP contribution in [0.5, 0.6) is 0 Å².